The van der Waals surface area contributed by atoms with E-state index in [0.29, 0.717) is 10.9 Å². The summed E-state index contributed by atoms with van der Waals surface area (Å²) in [6.45, 7) is 0. The number of nitrogens with zero attached hydrogens (tertiary/aromatic N) is 6. The Balaban J connectivity index is 1.31. The molecule has 0 aliphatic heterocycles. The minimum absolute atomic E-state index is 0.0473. The van der Waals surface area contributed by atoms with Crippen molar-refractivity contribution >= 4 is 17.6 Å². The lowest BCUT2D eigenvalue weighted by Gasteiger charge is -2.18. The summed E-state index contributed by atoms with van der Waals surface area (Å²) in [5.74, 6) is -0.267. The zero-order chi connectivity index (χ0) is 25.4. The van der Waals surface area contributed by atoms with Crippen LogP contribution in [0.5, 0.6) is 0 Å². The van der Waals surface area contributed by atoms with Crippen molar-refractivity contribution in [3.8, 4) is 28.1 Å². The van der Waals surface area contributed by atoms with Gasteiger partial charge in [-0.2, -0.15) is 0 Å². The summed E-state index contributed by atoms with van der Waals surface area (Å²) in [6, 6.07) is 16.6. The van der Waals surface area contributed by atoms with Crippen LogP contribution in [0.3, 0.4) is 0 Å². The first-order valence-corrected chi connectivity index (χ1v) is 12.3. The topological polar surface area (TPSA) is 113 Å². The minimum Gasteiger partial charge on any atom is -0.478 e. The van der Waals surface area contributed by atoms with E-state index >= 15 is 0 Å². The maximum atomic E-state index is 11.2. The summed E-state index contributed by atoms with van der Waals surface area (Å²) >= 11 is 6.32. The van der Waals surface area contributed by atoms with E-state index in [2.05, 4.69) is 37.2 Å². The van der Waals surface area contributed by atoms with Crippen molar-refractivity contribution in [2.24, 2.45) is 5.92 Å². The molecule has 9 nitrogen and oxygen atoms in total. The van der Waals surface area contributed by atoms with Crippen molar-refractivity contribution in [2.45, 2.75) is 25.3 Å². The number of benzene rings is 2. The van der Waals surface area contributed by atoms with Gasteiger partial charge >= 0.3 is 5.97 Å². The molecule has 37 heavy (non-hydrogen) atoms. The molecule has 1 aliphatic carbocycles. The predicted octanol–water partition coefficient (Wildman–Crippen LogP) is 4.75. The highest BCUT2D eigenvalue weighted by Crippen LogP contribution is 2.39. The van der Waals surface area contributed by atoms with Crippen LogP contribution in [0.1, 0.15) is 41.4 Å². The zero-order valence-electron chi connectivity index (χ0n) is 19.7. The molecule has 0 bridgehead atoms. The number of carboxylic acid groups (broad SMARTS) is 1. The second-order valence-electron chi connectivity index (χ2n) is 9.22. The quantitative estimate of drug-likeness (QED) is 0.290. The zero-order valence-corrected chi connectivity index (χ0v) is 20.5. The van der Waals surface area contributed by atoms with Crippen molar-refractivity contribution in [1.29, 1.82) is 0 Å². The molecule has 2 aromatic carbocycles. The van der Waals surface area contributed by atoms with Gasteiger partial charge in [-0.1, -0.05) is 47.9 Å². The van der Waals surface area contributed by atoms with E-state index in [1.807, 2.05) is 36.9 Å². The lowest BCUT2D eigenvalue weighted by atomic mass is 10.0. The summed E-state index contributed by atoms with van der Waals surface area (Å²) < 4.78 is 3.84. The molecule has 0 radical (unpaired) electrons. The Morgan fingerprint density at radius 3 is 2.59 bits per heavy atom. The van der Waals surface area contributed by atoms with Gasteiger partial charge in [-0.15, -0.1) is 4.68 Å². The average molecular weight is 513 g/mol. The van der Waals surface area contributed by atoms with Crippen molar-refractivity contribution in [3.05, 3.63) is 95.9 Å². The van der Waals surface area contributed by atoms with Crippen LogP contribution in [-0.4, -0.2) is 41.1 Å². The van der Waals surface area contributed by atoms with Crippen LogP contribution in [0.15, 0.2) is 79.6 Å². The summed E-state index contributed by atoms with van der Waals surface area (Å²) in [4.78, 5) is 20.7. The molecule has 1 atom stereocenters. The number of H-pyrrole nitrogens is 1. The molecule has 3 heterocycles. The lowest BCUT2D eigenvalue weighted by molar-refractivity contribution is -0.659. The average Bonchev–Trinajstić information content (AvgIpc) is 3.36. The molecule has 184 valence electrons. The summed E-state index contributed by atoms with van der Waals surface area (Å²) in [7, 11) is 0. The van der Waals surface area contributed by atoms with Gasteiger partial charge in [0.25, 0.3) is 6.33 Å². The maximum Gasteiger partial charge on any atom is 0.335 e. The number of carbonyl (C=O) groups is 1. The van der Waals surface area contributed by atoms with Gasteiger partial charge in [-0.3, -0.25) is 4.98 Å². The standard InChI is InChI=1S/C27H22ClN7O2/c28-21-8-10-25(35-16-31-32-33-35)22(12-21)20-7-9-23(29-13-20)26(11-17-1-2-17)34-14-24(30-15-34)18-3-5-19(6-4-18)27(36)37/h3-10,12-17,26H,1-2,11H2,(H,36,37)/p+1. The highest BCUT2D eigenvalue weighted by Gasteiger charge is 2.28. The normalized spacial score (nSPS) is 14.0. The van der Waals surface area contributed by atoms with Crippen LogP contribution in [0, 0.1) is 5.92 Å². The molecular weight excluding hydrogens is 490 g/mol. The van der Waals surface area contributed by atoms with E-state index in [0.717, 1.165) is 40.2 Å². The van der Waals surface area contributed by atoms with Gasteiger partial charge in [-0.25, -0.2) is 9.78 Å². The van der Waals surface area contributed by atoms with E-state index < -0.39 is 5.97 Å². The third-order valence-electron chi connectivity index (χ3n) is 6.68. The second kappa shape index (κ2) is 9.59. The molecule has 1 saturated carbocycles. The van der Waals surface area contributed by atoms with E-state index in [1.54, 1.807) is 35.3 Å². The Morgan fingerprint density at radius 1 is 1.11 bits per heavy atom. The maximum absolute atomic E-state index is 11.2. The molecule has 6 rings (SSSR count). The Labute approximate surface area is 217 Å². The first-order valence-electron chi connectivity index (χ1n) is 12.0. The Kier molecular flexibility index (Phi) is 5.97. The van der Waals surface area contributed by atoms with Gasteiger partial charge < -0.3 is 9.67 Å². The number of rotatable bonds is 8. The third kappa shape index (κ3) is 4.85. The number of tetrazole rings is 1. The largest absolute Gasteiger partial charge is 0.478 e. The van der Waals surface area contributed by atoms with Gasteiger partial charge in [-0.05, 0) is 48.7 Å². The Morgan fingerprint density at radius 2 is 1.92 bits per heavy atom. The van der Waals surface area contributed by atoms with Gasteiger partial charge in [0.05, 0.1) is 29.3 Å². The summed E-state index contributed by atoms with van der Waals surface area (Å²) in [5.41, 5.74) is 5.59. The monoisotopic (exact) mass is 512 g/mol. The Hall–Kier alpha value is -4.37. The second-order valence-corrected chi connectivity index (χ2v) is 9.65. The number of nitrogens with one attached hydrogen (secondary N) is 1. The van der Waals surface area contributed by atoms with Crippen molar-refractivity contribution in [3.63, 3.8) is 0 Å². The van der Waals surface area contributed by atoms with E-state index in [1.165, 1.54) is 12.8 Å². The molecule has 0 saturated heterocycles. The van der Waals surface area contributed by atoms with Gasteiger partial charge in [0.2, 0.25) is 0 Å². The number of carboxylic acids is 1. The molecule has 10 heteroatoms. The predicted molar refractivity (Wildman–Crippen MR) is 136 cm³/mol. The van der Waals surface area contributed by atoms with E-state index in [9.17, 15) is 4.79 Å². The van der Waals surface area contributed by atoms with Crippen molar-refractivity contribution in [1.82, 2.24) is 30.1 Å². The molecule has 1 fully saturated rings. The molecule has 0 amide bonds. The van der Waals surface area contributed by atoms with E-state index in [4.69, 9.17) is 21.7 Å². The van der Waals surface area contributed by atoms with Crippen molar-refractivity contribution < 1.29 is 14.6 Å². The number of aromatic amines is 1. The van der Waals surface area contributed by atoms with Gasteiger partial charge in [0.1, 0.15) is 10.8 Å². The number of pyridine rings is 1. The highest BCUT2D eigenvalue weighted by molar-refractivity contribution is 6.31. The summed E-state index contributed by atoms with van der Waals surface area (Å²) in [6.07, 6.45) is 10.8. The number of aromatic nitrogens is 7. The fraction of sp³-hybridized carbons (Fsp3) is 0.185. The molecule has 5 aromatic rings. The van der Waals surface area contributed by atoms with Crippen LogP contribution in [0.4, 0.5) is 0 Å². The number of hydrogen-bond donors (Lipinski definition) is 2. The Bertz CT molecular complexity index is 1540. The van der Waals surface area contributed by atoms with Crippen LogP contribution in [-0.2, 0) is 0 Å². The lowest BCUT2D eigenvalue weighted by Crippen LogP contribution is -2.32. The molecule has 3 aromatic heterocycles. The molecular formula is C27H23ClN7O2+. The van der Waals surface area contributed by atoms with Crippen LogP contribution >= 0.6 is 11.6 Å². The molecule has 0 spiro atoms. The first kappa shape index (κ1) is 23.1. The third-order valence-corrected chi connectivity index (χ3v) is 6.91. The number of imidazole rings is 1. The number of aromatic carboxylic acids is 1. The fourth-order valence-electron chi connectivity index (χ4n) is 4.51. The molecule has 2 N–H and O–H groups in total. The fourth-order valence-corrected chi connectivity index (χ4v) is 4.68. The number of halogens is 1. The molecule has 1 unspecified atom stereocenters. The highest BCUT2D eigenvalue weighted by atomic mass is 35.5. The van der Waals surface area contributed by atoms with Crippen LogP contribution in [0.25, 0.3) is 28.1 Å². The first-order chi connectivity index (χ1) is 18.0. The SMILES string of the molecule is O=C(O)c1ccc(-c2cn(C(CC3CC3)c3ccc(-c4cc(Cl)ccc4-[n+]4cnn[nH]4)cn3)cn2)cc1. The van der Waals surface area contributed by atoms with Crippen LogP contribution in [0.2, 0.25) is 5.02 Å². The van der Waals surface area contributed by atoms with Crippen LogP contribution < -0.4 is 4.68 Å². The number of hydrogen-bond acceptors (Lipinski definition) is 5. The van der Waals surface area contributed by atoms with Crippen molar-refractivity contribution in [2.75, 3.05) is 0 Å². The smallest absolute Gasteiger partial charge is 0.335 e. The summed E-state index contributed by atoms with van der Waals surface area (Å²) in [5, 5.41) is 20.3. The van der Waals surface area contributed by atoms with Gasteiger partial charge in [0, 0.05) is 34.1 Å². The van der Waals surface area contributed by atoms with E-state index in [-0.39, 0.29) is 11.6 Å². The van der Waals surface area contributed by atoms with Gasteiger partial charge in [0.15, 0.2) is 5.21 Å². The minimum atomic E-state index is -0.944. The molecule has 1 aliphatic rings.